The van der Waals surface area contributed by atoms with E-state index in [4.69, 9.17) is 5.26 Å². The number of nitrogens with one attached hydrogen (secondary N) is 1. The third-order valence-electron chi connectivity index (χ3n) is 3.72. The van der Waals surface area contributed by atoms with Crippen LogP contribution in [0.25, 0.3) is 0 Å². The molecule has 0 aromatic heterocycles. The molecule has 1 aromatic carbocycles. The Hall–Kier alpha value is -1.53. The minimum absolute atomic E-state index is 0.285. The van der Waals surface area contributed by atoms with Gasteiger partial charge in [-0.25, -0.2) is 0 Å². The van der Waals surface area contributed by atoms with Gasteiger partial charge in [-0.1, -0.05) is 32.0 Å². The van der Waals surface area contributed by atoms with Gasteiger partial charge in [0.2, 0.25) is 0 Å². The Labute approximate surface area is 116 Å². The van der Waals surface area contributed by atoms with Gasteiger partial charge in [-0.3, -0.25) is 0 Å². The molecule has 1 N–H and O–H groups in total. The number of nitrogens with zero attached hydrogens (tertiary/aromatic N) is 2. The Morgan fingerprint density at radius 2 is 2.21 bits per heavy atom. The van der Waals surface area contributed by atoms with Gasteiger partial charge >= 0.3 is 0 Å². The predicted octanol–water partition coefficient (Wildman–Crippen LogP) is 2.89. The fraction of sp³-hybridized carbons (Fsp3) is 0.562. The highest BCUT2D eigenvalue weighted by Gasteiger charge is 2.20. The van der Waals surface area contributed by atoms with Crippen LogP contribution in [0.5, 0.6) is 0 Å². The number of hydrogen-bond donors (Lipinski definition) is 1. The van der Waals surface area contributed by atoms with Crippen LogP contribution in [0, 0.1) is 11.3 Å². The zero-order chi connectivity index (χ0) is 13.7. The molecule has 0 aliphatic carbocycles. The molecule has 1 aliphatic rings. The zero-order valence-corrected chi connectivity index (χ0v) is 11.9. The Balaban J connectivity index is 2.22. The molecule has 3 heteroatoms. The third-order valence-corrected chi connectivity index (χ3v) is 3.72. The first-order valence-electron chi connectivity index (χ1n) is 7.16. The smallest absolute Gasteiger partial charge is 0.0638 e. The first kappa shape index (κ1) is 13.9. The number of benzene rings is 1. The second-order valence-corrected chi connectivity index (χ2v) is 5.53. The molecule has 1 unspecified atom stereocenters. The highest BCUT2D eigenvalue weighted by atomic mass is 15.2. The largest absolute Gasteiger partial charge is 0.370 e. The van der Waals surface area contributed by atoms with Crippen LogP contribution in [0.1, 0.15) is 38.2 Å². The topological polar surface area (TPSA) is 39.1 Å². The molecule has 0 saturated carbocycles. The highest BCUT2D eigenvalue weighted by molar-refractivity contribution is 5.55. The molecule has 1 saturated heterocycles. The second kappa shape index (κ2) is 6.58. The van der Waals surface area contributed by atoms with Crippen molar-refractivity contribution in [3.8, 4) is 6.07 Å². The summed E-state index contributed by atoms with van der Waals surface area (Å²) >= 11 is 0. The minimum Gasteiger partial charge on any atom is -0.370 e. The molecule has 2 rings (SSSR count). The van der Waals surface area contributed by atoms with Crippen molar-refractivity contribution in [2.75, 3.05) is 24.5 Å². The summed E-state index contributed by atoms with van der Waals surface area (Å²) in [6.07, 6.45) is 1.72. The first-order valence-corrected chi connectivity index (χ1v) is 7.16. The molecule has 1 heterocycles. The summed E-state index contributed by atoms with van der Waals surface area (Å²) in [5.74, 6) is 0.529. The molecule has 1 fully saturated rings. The number of anilines is 1. The maximum atomic E-state index is 8.90. The number of rotatable bonds is 3. The van der Waals surface area contributed by atoms with Crippen LogP contribution < -0.4 is 10.2 Å². The van der Waals surface area contributed by atoms with Gasteiger partial charge in [0, 0.05) is 24.8 Å². The predicted molar refractivity (Wildman–Crippen MR) is 79.4 cm³/mol. The van der Waals surface area contributed by atoms with E-state index < -0.39 is 0 Å². The van der Waals surface area contributed by atoms with E-state index in [2.05, 4.69) is 54.4 Å². The van der Waals surface area contributed by atoms with Crippen molar-refractivity contribution in [3.63, 3.8) is 0 Å². The van der Waals surface area contributed by atoms with Crippen molar-refractivity contribution in [1.29, 1.82) is 5.26 Å². The van der Waals surface area contributed by atoms with E-state index in [0.29, 0.717) is 12.3 Å². The second-order valence-electron chi connectivity index (χ2n) is 5.53. The van der Waals surface area contributed by atoms with Gasteiger partial charge in [0.1, 0.15) is 0 Å². The van der Waals surface area contributed by atoms with E-state index in [0.717, 1.165) is 26.1 Å². The Bertz CT molecular complexity index is 448. The zero-order valence-electron chi connectivity index (χ0n) is 11.9. The summed E-state index contributed by atoms with van der Waals surface area (Å²) < 4.78 is 0. The Kier molecular flexibility index (Phi) is 4.81. The van der Waals surface area contributed by atoms with Crippen molar-refractivity contribution in [2.45, 2.75) is 38.6 Å². The molecule has 0 amide bonds. The summed E-state index contributed by atoms with van der Waals surface area (Å²) in [4.78, 5) is 2.44. The molecule has 3 nitrogen and oxygen atoms in total. The summed E-state index contributed by atoms with van der Waals surface area (Å²) in [5.41, 5.74) is 2.74. The van der Waals surface area contributed by atoms with Crippen LogP contribution in [0.3, 0.4) is 0 Å². The lowest BCUT2D eigenvalue weighted by Crippen LogP contribution is -2.37. The monoisotopic (exact) mass is 257 g/mol. The molecular weight excluding hydrogens is 234 g/mol. The average molecular weight is 257 g/mol. The van der Waals surface area contributed by atoms with E-state index in [1.54, 1.807) is 0 Å². The summed E-state index contributed by atoms with van der Waals surface area (Å²) in [6.45, 7) is 7.48. The molecule has 102 valence electrons. The van der Waals surface area contributed by atoms with Gasteiger partial charge in [-0.05, 0) is 30.5 Å². The van der Waals surface area contributed by atoms with E-state index in [9.17, 15) is 0 Å². The normalized spacial score (nSPS) is 20.1. The van der Waals surface area contributed by atoms with Crippen LogP contribution in [0.4, 0.5) is 5.69 Å². The molecular formula is C16H23N3. The number of hydrogen-bond acceptors (Lipinski definition) is 3. The van der Waals surface area contributed by atoms with Gasteiger partial charge in [-0.15, -0.1) is 0 Å². The molecule has 0 spiro atoms. The van der Waals surface area contributed by atoms with Gasteiger partial charge in [0.05, 0.1) is 12.5 Å². The van der Waals surface area contributed by atoms with Crippen LogP contribution in [-0.2, 0) is 0 Å². The minimum atomic E-state index is 0.285. The number of para-hydroxylation sites is 1. The lowest BCUT2D eigenvalue weighted by Gasteiger charge is -2.28. The highest BCUT2D eigenvalue weighted by Crippen LogP contribution is 2.28. The number of nitriles is 1. The quantitative estimate of drug-likeness (QED) is 0.905. The fourth-order valence-corrected chi connectivity index (χ4v) is 2.73. The van der Waals surface area contributed by atoms with Gasteiger partial charge in [-0.2, -0.15) is 5.26 Å². The Morgan fingerprint density at radius 3 is 2.95 bits per heavy atom. The van der Waals surface area contributed by atoms with Crippen molar-refractivity contribution in [3.05, 3.63) is 29.8 Å². The van der Waals surface area contributed by atoms with Crippen molar-refractivity contribution in [1.82, 2.24) is 5.32 Å². The molecule has 1 aliphatic heterocycles. The van der Waals surface area contributed by atoms with Gasteiger partial charge < -0.3 is 10.2 Å². The Morgan fingerprint density at radius 1 is 1.42 bits per heavy atom. The molecule has 1 aromatic rings. The maximum absolute atomic E-state index is 8.90. The standard InChI is InChI=1S/C16H23N3/c1-13(2)15-6-3-4-7-16(15)19-11-5-10-18-14(12-19)8-9-17/h3-4,6-7,13-14,18H,5,8,10-12H2,1-2H3. The van der Waals surface area contributed by atoms with Crippen molar-refractivity contribution >= 4 is 5.69 Å². The summed E-state index contributed by atoms with van der Waals surface area (Å²) in [6, 6.07) is 11.2. The molecule has 0 radical (unpaired) electrons. The average Bonchev–Trinajstić information content (AvgIpc) is 2.65. The summed E-state index contributed by atoms with van der Waals surface area (Å²) in [5, 5.41) is 12.4. The van der Waals surface area contributed by atoms with Crippen molar-refractivity contribution in [2.24, 2.45) is 0 Å². The van der Waals surface area contributed by atoms with Crippen LogP contribution in [-0.4, -0.2) is 25.7 Å². The molecule has 1 atom stereocenters. The van der Waals surface area contributed by atoms with E-state index in [1.165, 1.54) is 11.3 Å². The lowest BCUT2D eigenvalue weighted by atomic mass is 10.00. The van der Waals surface area contributed by atoms with Gasteiger partial charge in [0.15, 0.2) is 0 Å². The SMILES string of the molecule is CC(C)c1ccccc1N1CCCNC(CC#N)C1. The van der Waals surface area contributed by atoms with E-state index >= 15 is 0 Å². The third kappa shape index (κ3) is 3.48. The van der Waals surface area contributed by atoms with Gasteiger partial charge in [0.25, 0.3) is 0 Å². The maximum Gasteiger partial charge on any atom is 0.0638 e. The first-order chi connectivity index (χ1) is 9.22. The summed E-state index contributed by atoms with van der Waals surface area (Å²) in [7, 11) is 0. The van der Waals surface area contributed by atoms with Crippen LogP contribution >= 0.6 is 0 Å². The van der Waals surface area contributed by atoms with E-state index in [1.807, 2.05) is 0 Å². The fourth-order valence-electron chi connectivity index (χ4n) is 2.73. The van der Waals surface area contributed by atoms with E-state index in [-0.39, 0.29) is 6.04 Å². The lowest BCUT2D eigenvalue weighted by molar-refractivity contribution is 0.552. The van der Waals surface area contributed by atoms with Crippen LogP contribution in [0.15, 0.2) is 24.3 Å². The molecule has 19 heavy (non-hydrogen) atoms. The molecule has 0 bridgehead atoms. The van der Waals surface area contributed by atoms with Crippen molar-refractivity contribution < 1.29 is 0 Å². The van der Waals surface area contributed by atoms with Crippen LogP contribution in [0.2, 0.25) is 0 Å².